The Labute approximate surface area is 66.5 Å². The molecule has 0 radical (unpaired) electrons. The van der Waals surface area contributed by atoms with Gasteiger partial charge in [-0.05, 0) is 24.6 Å². The monoisotopic (exact) mass is 149 g/mol. The number of hydrogen-bond acceptors (Lipinski definition) is 2. The summed E-state index contributed by atoms with van der Waals surface area (Å²) in [5.74, 6) is 0.808. The fourth-order valence-electron chi connectivity index (χ4n) is 0.977. The van der Waals surface area contributed by atoms with Crippen molar-refractivity contribution in [3.8, 4) is 5.75 Å². The molecule has 0 atom stereocenters. The zero-order valence-corrected chi connectivity index (χ0v) is 6.79. The Morgan fingerprint density at radius 3 is 2.82 bits per heavy atom. The maximum absolute atomic E-state index is 5.13. The predicted octanol–water partition coefficient (Wildman–Crippen LogP) is 2.04. The second kappa shape index (κ2) is 3.19. The van der Waals surface area contributed by atoms with Gasteiger partial charge in [-0.1, -0.05) is 6.58 Å². The lowest BCUT2D eigenvalue weighted by molar-refractivity contribution is 0.408. The fourth-order valence-corrected chi connectivity index (χ4v) is 0.977. The van der Waals surface area contributed by atoms with E-state index in [0.717, 1.165) is 17.0 Å². The summed E-state index contributed by atoms with van der Waals surface area (Å²) in [4.78, 5) is 4.09. The van der Waals surface area contributed by atoms with Crippen LogP contribution in [0.3, 0.4) is 0 Å². The van der Waals surface area contributed by atoms with Crippen LogP contribution in [0.1, 0.15) is 11.3 Å². The standard InChI is InChI=1S/C9H11NO/c1-4-8-9(11-3)7(2)5-6-10-8/h4-6H,1H2,2-3H3. The van der Waals surface area contributed by atoms with Gasteiger partial charge in [-0.3, -0.25) is 4.98 Å². The molecule has 0 aliphatic rings. The molecule has 1 heterocycles. The Kier molecular flexibility index (Phi) is 2.26. The van der Waals surface area contributed by atoms with Gasteiger partial charge in [0.15, 0.2) is 0 Å². The quantitative estimate of drug-likeness (QED) is 0.642. The van der Waals surface area contributed by atoms with Gasteiger partial charge in [0.05, 0.1) is 7.11 Å². The molecule has 0 spiro atoms. The average Bonchev–Trinajstić information content (AvgIpc) is 2.04. The van der Waals surface area contributed by atoms with E-state index in [4.69, 9.17) is 4.74 Å². The lowest BCUT2D eigenvalue weighted by Crippen LogP contribution is -1.92. The van der Waals surface area contributed by atoms with Crippen molar-refractivity contribution >= 4 is 6.08 Å². The first-order valence-corrected chi connectivity index (χ1v) is 3.41. The highest BCUT2D eigenvalue weighted by Gasteiger charge is 2.01. The highest BCUT2D eigenvalue weighted by Crippen LogP contribution is 2.20. The van der Waals surface area contributed by atoms with Gasteiger partial charge >= 0.3 is 0 Å². The number of hydrogen-bond donors (Lipinski definition) is 0. The molecule has 0 N–H and O–H groups in total. The minimum Gasteiger partial charge on any atom is -0.494 e. The van der Waals surface area contributed by atoms with E-state index in [-0.39, 0.29) is 0 Å². The normalized spacial score (nSPS) is 9.27. The van der Waals surface area contributed by atoms with E-state index in [9.17, 15) is 0 Å². The molecule has 1 rings (SSSR count). The van der Waals surface area contributed by atoms with Crippen LogP contribution >= 0.6 is 0 Å². The van der Waals surface area contributed by atoms with Gasteiger partial charge in [0.2, 0.25) is 0 Å². The zero-order chi connectivity index (χ0) is 8.27. The SMILES string of the molecule is C=Cc1nccc(C)c1OC. The van der Waals surface area contributed by atoms with Gasteiger partial charge in [0, 0.05) is 6.20 Å². The summed E-state index contributed by atoms with van der Waals surface area (Å²) in [5.41, 5.74) is 1.88. The first-order chi connectivity index (χ1) is 5.29. The number of aryl methyl sites for hydroxylation is 1. The molecule has 1 aromatic rings. The minimum atomic E-state index is 0.799. The molecule has 2 heteroatoms. The van der Waals surface area contributed by atoms with Crippen molar-refractivity contribution in [3.05, 3.63) is 30.1 Å². The molecule has 0 aromatic carbocycles. The Hall–Kier alpha value is -1.31. The topological polar surface area (TPSA) is 22.1 Å². The van der Waals surface area contributed by atoms with E-state index in [1.165, 1.54) is 0 Å². The summed E-state index contributed by atoms with van der Waals surface area (Å²) in [6, 6.07) is 1.91. The van der Waals surface area contributed by atoms with Gasteiger partial charge in [-0.25, -0.2) is 0 Å². The van der Waals surface area contributed by atoms with E-state index in [1.54, 1.807) is 19.4 Å². The molecule has 0 amide bonds. The number of pyridine rings is 1. The van der Waals surface area contributed by atoms with Crippen molar-refractivity contribution in [3.63, 3.8) is 0 Å². The highest BCUT2D eigenvalue weighted by atomic mass is 16.5. The molecule has 0 saturated carbocycles. The Morgan fingerprint density at radius 1 is 1.64 bits per heavy atom. The lowest BCUT2D eigenvalue weighted by Gasteiger charge is -2.05. The molecule has 1 aromatic heterocycles. The Bertz CT molecular complexity index is 268. The van der Waals surface area contributed by atoms with E-state index in [2.05, 4.69) is 11.6 Å². The van der Waals surface area contributed by atoms with Crippen LogP contribution in [0.5, 0.6) is 5.75 Å². The van der Waals surface area contributed by atoms with Crippen molar-refractivity contribution < 1.29 is 4.74 Å². The largest absolute Gasteiger partial charge is 0.494 e. The molecule has 0 unspecified atom stereocenters. The predicted molar refractivity (Wildman–Crippen MR) is 45.6 cm³/mol. The van der Waals surface area contributed by atoms with Crippen LogP contribution in [0, 0.1) is 6.92 Å². The van der Waals surface area contributed by atoms with E-state index >= 15 is 0 Å². The Balaban J connectivity index is 3.23. The number of aromatic nitrogens is 1. The summed E-state index contributed by atoms with van der Waals surface area (Å²) in [6.07, 6.45) is 3.43. The van der Waals surface area contributed by atoms with Crippen LogP contribution < -0.4 is 4.74 Å². The molecule has 0 fully saturated rings. The second-order valence-electron chi connectivity index (χ2n) is 2.25. The van der Waals surface area contributed by atoms with Crippen LogP contribution in [0.4, 0.5) is 0 Å². The van der Waals surface area contributed by atoms with Crippen LogP contribution in [-0.4, -0.2) is 12.1 Å². The smallest absolute Gasteiger partial charge is 0.147 e. The van der Waals surface area contributed by atoms with Crippen molar-refractivity contribution in [2.75, 3.05) is 7.11 Å². The molecule has 0 bridgehead atoms. The Morgan fingerprint density at radius 2 is 2.36 bits per heavy atom. The van der Waals surface area contributed by atoms with Crippen LogP contribution in [0.25, 0.3) is 6.08 Å². The van der Waals surface area contributed by atoms with Crippen molar-refractivity contribution in [2.45, 2.75) is 6.92 Å². The van der Waals surface area contributed by atoms with Crippen molar-refractivity contribution in [2.24, 2.45) is 0 Å². The maximum atomic E-state index is 5.13. The third-order valence-electron chi connectivity index (χ3n) is 1.53. The lowest BCUT2D eigenvalue weighted by atomic mass is 10.2. The third kappa shape index (κ3) is 1.40. The first kappa shape index (κ1) is 7.79. The van der Waals surface area contributed by atoms with Crippen LogP contribution in [-0.2, 0) is 0 Å². The van der Waals surface area contributed by atoms with E-state index in [1.807, 2.05) is 13.0 Å². The first-order valence-electron chi connectivity index (χ1n) is 3.41. The summed E-state index contributed by atoms with van der Waals surface area (Å²) in [5, 5.41) is 0. The third-order valence-corrected chi connectivity index (χ3v) is 1.53. The number of ether oxygens (including phenoxy) is 1. The fraction of sp³-hybridized carbons (Fsp3) is 0.222. The van der Waals surface area contributed by atoms with Gasteiger partial charge in [0.25, 0.3) is 0 Å². The van der Waals surface area contributed by atoms with E-state index in [0.29, 0.717) is 0 Å². The molecular formula is C9H11NO. The molecule has 0 aliphatic carbocycles. The maximum Gasteiger partial charge on any atom is 0.147 e. The molecule has 2 nitrogen and oxygen atoms in total. The molecule has 0 saturated heterocycles. The van der Waals surface area contributed by atoms with Crippen LogP contribution in [0.15, 0.2) is 18.8 Å². The zero-order valence-electron chi connectivity index (χ0n) is 6.79. The van der Waals surface area contributed by atoms with E-state index < -0.39 is 0 Å². The second-order valence-corrected chi connectivity index (χ2v) is 2.25. The molecule has 11 heavy (non-hydrogen) atoms. The van der Waals surface area contributed by atoms with Crippen LogP contribution in [0.2, 0.25) is 0 Å². The summed E-state index contributed by atoms with van der Waals surface area (Å²) in [7, 11) is 1.64. The highest BCUT2D eigenvalue weighted by molar-refractivity contribution is 5.53. The number of methoxy groups -OCH3 is 1. The summed E-state index contributed by atoms with van der Waals surface area (Å²) >= 11 is 0. The van der Waals surface area contributed by atoms with Gasteiger partial charge in [0.1, 0.15) is 11.4 Å². The average molecular weight is 149 g/mol. The molecule has 58 valence electrons. The molecular weight excluding hydrogens is 138 g/mol. The minimum absolute atomic E-state index is 0.799. The van der Waals surface area contributed by atoms with Crippen molar-refractivity contribution in [1.29, 1.82) is 0 Å². The molecule has 0 aliphatic heterocycles. The summed E-state index contributed by atoms with van der Waals surface area (Å²) in [6.45, 7) is 5.62. The summed E-state index contributed by atoms with van der Waals surface area (Å²) < 4.78 is 5.13. The van der Waals surface area contributed by atoms with Crippen molar-refractivity contribution in [1.82, 2.24) is 4.98 Å². The van der Waals surface area contributed by atoms with Gasteiger partial charge < -0.3 is 4.74 Å². The van der Waals surface area contributed by atoms with Gasteiger partial charge in [-0.15, -0.1) is 0 Å². The number of rotatable bonds is 2. The van der Waals surface area contributed by atoms with Gasteiger partial charge in [-0.2, -0.15) is 0 Å². The number of nitrogens with zero attached hydrogens (tertiary/aromatic N) is 1.